The quantitative estimate of drug-likeness (QED) is 0.806. The van der Waals surface area contributed by atoms with Crippen LogP contribution in [0.25, 0.3) is 6.08 Å². The largest absolute Gasteiger partial charge is 0.394 e. The highest BCUT2D eigenvalue weighted by atomic mass is 35.5. The number of hydrogen-bond acceptors (Lipinski definition) is 2. The van der Waals surface area contributed by atoms with Gasteiger partial charge in [0, 0.05) is 10.6 Å². The maximum absolute atomic E-state index is 11.8. The van der Waals surface area contributed by atoms with Crippen LogP contribution in [0.5, 0.6) is 0 Å². The molecule has 0 aliphatic heterocycles. The number of benzene rings is 1. The van der Waals surface area contributed by atoms with Gasteiger partial charge >= 0.3 is 0 Å². The third kappa shape index (κ3) is 4.51. The molecule has 1 aromatic carbocycles. The summed E-state index contributed by atoms with van der Waals surface area (Å²) in [5.74, 6) is -0.170. The Morgan fingerprint density at radius 3 is 2.83 bits per heavy atom. The number of carbonyl (C=O) groups is 1. The van der Waals surface area contributed by atoms with Crippen LogP contribution in [0, 0.1) is 0 Å². The van der Waals surface area contributed by atoms with Gasteiger partial charge in [0.05, 0.1) is 12.6 Å². The minimum absolute atomic E-state index is 0.0489. The second kappa shape index (κ2) is 7.19. The summed E-state index contributed by atoms with van der Waals surface area (Å²) < 4.78 is 0. The maximum Gasteiger partial charge on any atom is 0.247 e. The highest BCUT2D eigenvalue weighted by Crippen LogP contribution is 2.13. The molecule has 4 heteroatoms. The summed E-state index contributed by atoms with van der Waals surface area (Å²) in [5.41, 5.74) is 1.47. The van der Waals surface area contributed by atoms with Gasteiger partial charge in [-0.2, -0.15) is 0 Å². The predicted octanol–water partition coefficient (Wildman–Crippen LogP) is 2.63. The molecule has 1 atom stereocenters. The molecule has 0 fully saturated rings. The third-order valence-corrected chi connectivity index (χ3v) is 2.87. The van der Waals surface area contributed by atoms with Crippen molar-refractivity contribution in [2.75, 3.05) is 6.61 Å². The molecule has 0 aliphatic rings. The van der Waals surface area contributed by atoms with Crippen molar-refractivity contribution in [1.29, 1.82) is 0 Å². The van der Waals surface area contributed by atoms with Gasteiger partial charge < -0.3 is 10.4 Å². The number of rotatable bonds is 5. The van der Waals surface area contributed by atoms with E-state index in [1.54, 1.807) is 25.1 Å². The number of hydrogen-bond donors (Lipinski definition) is 2. The van der Waals surface area contributed by atoms with Crippen LogP contribution in [0.15, 0.2) is 29.8 Å². The molecule has 98 valence electrons. The number of aliphatic hydroxyl groups is 1. The Morgan fingerprint density at radius 1 is 1.56 bits per heavy atom. The molecular weight excluding hydrogens is 250 g/mol. The molecule has 1 rings (SSSR count). The zero-order chi connectivity index (χ0) is 13.5. The smallest absolute Gasteiger partial charge is 0.247 e. The van der Waals surface area contributed by atoms with Crippen molar-refractivity contribution in [1.82, 2.24) is 5.32 Å². The van der Waals surface area contributed by atoms with Gasteiger partial charge in [-0.15, -0.1) is 0 Å². The number of carbonyl (C=O) groups excluding carboxylic acids is 1. The van der Waals surface area contributed by atoms with Gasteiger partial charge in [-0.1, -0.05) is 30.7 Å². The lowest BCUT2D eigenvalue weighted by Crippen LogP contribution is -2.37. The van der Waals surface area contributed by atoms with Crippen LogP contribution in [0.1, 0.15) is 25.8 Å². The first-order chi connectivity index (χ1) is 8.56. The topological polar surface area (TPSA) is 49.3 Å². The van der Waals surface area contributed by atoms with Crippen LogP contribution in [0.4, 0.5) is 0 Å². The Bertz CT molecular complexity index is 439. The summed E-state index contributed by atoms with van der Waals surface area (Å²) in [5, 5.41) is 12.4. The molecule has 0 radical (unpaired) electrons. The van der Waals surface area contributed by atoms with Crippen molar-refractivity contribution < 1.29 is 9.90 Å². The van der Waals surface area contributed by atoms with Crippen molar-refractivity contribution in [3.63, 3.8) is 0 Å². The van der Waals surface area contributed by atoms with Crippen molar-refractivity contribution >= 4 is 23.6 Å². The van der Waals surface area contributed by atoms with Gasteiger partial charge in [0.2, 0.25) is 5.91 Å². The van der Waals surface area contributed by atoms with Gasteiger partial charge in [-0.05, 0) is 37.1 Å². The average molecular weight is 268 g/mol. The zero-order valence-electron chi connectivity index (χ0n) is 10.6. The first-order valence-electron chi connectivity index (χ1n) is 5.92. The normalized spacial score (nSPS) is 13.2. The van der Waals surface area contributed by atoms with Crippen molar-refractivity contribution in [3.8, 4) is 0 Å². The van der Waals surface area contributed by atoms with E-state index in [0.717, 1.165) is 5.56 Å². The van der Waals surface area contributed by atoms with E-state index < -0.39 is 0 Å². The summed E-state index contributed by atoms with van der Waals surface area (Å²) >= 11 is 5.87. The second-order valence-electron chi connectivity index (χ2n) is 4.14. The van der Waals surface area contributed by atoms with E-state index in [0.29, 0.717) is 17.0 Å². The van der Waals surface area contributed by atoms with Crippen LogP contribution in [-0.2, 0) is 4.79 Å². The minimum Gasteiger partial charge on any atom is -0.394 e. The lowest BCUT2D eigenvalue weighted by molar-refractivity contribution is -0.118. The lowest BCUT2D eigenvalue weighted by Gasteiger charge is -2.14. The van der Waals surface area contributed by atoms with Crippen LogP contribution in [0.2, 0.25) is 5.02 Å². The summed E-state index contributed by atoms with van der Waals surface area (Å²) in [4.78, 5) is 11.8. The molecule has 0 aliphatic carbocycles. The summed E-state index contributed by atoms with van der Waals surface area (Å²) in [7, 11) is 0. The Labute approximate surface area is 112 Å². The zero-order valence-corrected chi connectivity index (χ0v) is 11.4. The van der Waals surface area contributed by atoms with E-state index in [1.807, 2.05) is 19.1 Å². The summed E-state index contributed by atoms with van der Waals surface area (Å²) in [6, 6.07) is 7.10. The molecule has 0 bridgehead atoms. The molecule has 0 heterocycles. The van der Waals surface area contributed by atoms with E-state index >= 15 is 0 Å². The Morgan fingerprint density at radius 2 is 2.28 bits per heavy atom. The first kappa shape index (κ1) is 14.7. The molecule has 0 aromatic heterocycles. The van der Waals surface area contributed by atoms with Crippen LogP contribution < -0.4 is 5.32 Å². The van der Waals surface area contributed by atoms with Crippen molar-refractivity contribution in [2.24, 2.45) is 0 Å². The molecule has 0 spiro atoms. The molecule has 1 amide bonds. The fourth-order valence-electron chi connectivity index (χ4n) is 1.49. The van der Waals surface area contributed by atoms with Crippen LogP contribution in [0.3, 0.4) is 0 Å². The van der Waals surface area contributed by atoms with Gasteiger partial charge in [0.25, 0.3) is 0 Å². The molecule has 1 aromatic rings. The second-order valence-corrected chi connectivity index (χ2v) is 4.58. The Kier molecular flexibility index (Phi) is 5.89. The lowest BCUT2D eigenvalue weighted by atomic mass is 10.1. The van der Waals surface area contributed by atoms with Gasteiger partial charge in [0.15, 0.2) is 0 Å². The highest BCUT2D eigenvalue weighted by molar-refractivity contribution is 6.30. The van der Waals surface area contributed by atoms with Gasteiger partial charge in [-0.3, -0.25) is 4.79 Å². The maximum atomic E-state index is 11.8. The highest BCUT2D eigenvalue weighted by Gasteiger charge is 2.10. The van der Waals surface area contributed by atoms with Gasteiger partial charge in [0.1, 0.15) is 0 Å². The average Bonchev–Trinajstić information content (AvgIpc) is 2.35. The van der Waals surface area contributed by atoms with Crippen molar-refractivity contribution in [3.05, 3.63) is 40.4 Å². The SMILES string of the molecule is CCC(CO)NC(=O)/C(C)=C/c1cccc(Cl)c1. The van der Waals surface area contributed by atoms with E-state index in [2.05, 4.69) is 5.32 Å². The Hall–Kier alpha value is -1.32. The molecule has 0 saturated heterocycles. The number of aliphatic hydroxyl groups excluding tert-OH is 1. The molecule has 1 unspecified atom stereocenters. The number of amides is 1. The minimum atomic E-state index is -0.194. The van der Waals surface area contributed by atoms with Crippen molar-refractivity contribution in [2.45, 2.75) is 26.3 Å². The van der Waals surface area contributed by atoms with E-state index in [4.69, 9.17) is 16.7 Å². The molecule has 2 N–H and O–H groups in total. The number of nitrogens with one attached hydrogen (secondary N) is 1. The summed E-state index contributed by atoms with van der Waals surface area (Å²) in [6.07, 6.45) is 2.47. The van der Waals surface area contributed by atoms with Crippen LogP contribution in [-0.4, -0.2) is 23.7 Å². The fourth-order valence-corrected chi connectivity index (χ4v) is 1.69. The van der Waals surface area contributed by atoms with Gasteiger partial charge in [-0.25, -0.2) is 0 Å². The van der Waals surface area contributed by atoms with E-state index in [-0.39, 0.29) is 18.6 Å². The Balaban J connectivity index is 2.74. The van der Waals surface area contributed by atoms with E-state index in [9.17, 15) is 4.79 Å². The molecule has 0 saturated carbocycles. The fraction of sp³-hybridized carbons (Fsp3) is 0.357. The van der Waals surface area contributed by atoms with Crippen LogP contribution >= 0.6 is 11.6 Å². The van der Waals surface area contributed by atoms with E-state index in [1.165, 1.54) is 0 Å². The molecule has 3 nitrogen and oxygen atoms in total. The monoisotopic (exact) mass is 267 g/mol. The first-order valence-corrected chi connectivity index (χ1v) is 6.30. The summed E-state index contributed by atoms with van der Waals surface area (Å²) in [6.45, 7) is 3.60. The third-order valence-electron chi connectivity index (χ3n) is 2.64. The number of halogens is 1. The molecular formula is C14H18ClNO2. The molecule has 18 heavy (non-hydrogen) atoms. The predicted molar refractivity (Wildman–Crippen MR) is 74.4 cm³/mol. The standard InChI is InChI=1S/C14H18ClNO2/c1-3-13(9-17)16-14(18)10(2)7-11-5-4-6-12(15)8-11/h4-8,13,17H,3,9H2,1-2H3,(H,16,18)/b10-7+.